The minimum Gasteiger partial charge on any atom is -0.544 e. The zero-order chi connectivity index (χ0) is 14.0. The molecular formula is C10H14BrF2O4-. The maximum atomic E-state index is 13.3. The van der Waals surface area contributed by atoms with Crippen LogP contribution in [0.1, 0.15) is 27.7 Å². The average Bonchev–Trinajstić information content (AvgIpc) is 2.10. The van der Waals surface area contributed by atoms with Crippen molar-refractivity contribution in [2.24, 2.45) is 5.92 Å². The standard InChI is InChI=1S/C10H15BrF2O4/c1-5(2)6(10(12,13)7(14)15)17-8(16)9(3,4)11/h5-6H,1-4H3,(H,14,15)/p-1. The van der Waals surface area contributed by atoms with Gasteiger partial charge in [0.25, 0.3) is 0 Å². The number of halogens is 3. The summed E-state index contributed by atoms with van der Waals surface area (Å²) in [5, 5.41) is 10.3. The van der Waals surface area contributed by atoms with Gasteiger partial charge >= 0.3 is 11.9 Å². The summed E-state index contributed by atoms with van der Waals surface area (Å²) >= 11 is 2.94. The summed E-state index contributed by atoms with van der Waals surface area (Å²) in [6, 6.07) is 0. The summed E-state index contributed by atoms with van der Waals surface area (Å²) in [7, 11) is 0. The van der Waals surface area contributed by atoms with Crippen molar-refractivity contribution < 1.29 is 28.2 Å². The molecule has 0 fully saturated rings. The van der Waals surface area contributed by atoms with E-state index in [4.69, 9.17) is 0 Å². The molecule has 0 amide bonds. The highest BCUT2D eigenvalue weighted by Crippen LogP contribution is 2.29. The van der Waals surface area contributed by atoms with E-state index in [1.165, 1.54) is 27.7 Å². The molecule has 0 rings (SSSR count). The molecule has 0 aliphatic rings. The molecule has 0 radical (unpaired) electrons. The van der Waals surface area contributed by atoms with Crippen LogP contribution in [0.3, 0.4) is 0 Å². The first-order valence-electron chi connectivity index (χ1n) is 4.90. The number of carbonyl (C=O) groups excluding carboxylic acids is 2. The van der Waals surface area contributed by atoms with Crippen molar-refractivity contribution in [3.8, 4) is 0 Å². The fraction of sp³-hybridized carbons (Fsp3) is 0.800. The van der Waals surface area contributed by atoms with Gasteiger partial charge in [-0.25, -0.2) is 0 Å². The Hall–Kier alpha value is -0.720. The van der Waals surface area contributed by atoms with Gasteiger partial charge in [-0.3, -0.25) is 4.79 Å². The van der Waals surface area contributed by atoms with Crippen LogP contribution in [-0.2, 0) is 14.3 Å². The molecule has 0 aromatic rings. The van der Waals surface area contributed by atoms with E-state index in [1.54, 1.807) is 0 Å². The summed E-state index contributed by atoms with van der Waals surface area (Å²) in [5.74, 6) is -8.60. The Morgan fingerprint density at radius 2 is 1.71 bits per heavy atom. The molecule has 0 saturated heterocycles. The molecule has 17 heavy (non-hydrogen) atoms. The van der Waals surface area contributed by atoms with Crippen LogP contribution < -0.4 is 5.11 Å². The number of aliphatic carboxylic acids is 1. The summed E-state index contributed by atoms with van der Waals surface area (Å²) < 4.78 is 29.9. The maximum absolute atomic E-state index is 13.3. The Balaban J connectivity index is 5.04. The van der Waals surface area contributed by atoms with Crippen LogP contribution in [0, 0.1) is 5.92 Å². The van der Waals surface area contributed by atoms with Gasteiger partial charge in [-0.2, -0.15) is 8.78 Å². The van der Waals surface area contributed by atoms with Gasteiger partial charge in [-0.1, -0.05) is 29.8 Å². The number of ether oxygens (including phenoxy) is 1. The monoisotopic (exact) mass is 315 g/mol. The molecule has 0 N–H and O–H groups in total. The number of carboxylic acids is 1. The summed E-state index contributed by atoms with van der Waals surface area (Å²) in [6.07, 6.45) is -2.06. The molecule has 0 aromatic carbocycles. The number of esters is 1. The van der Waals surface area contributed by atoms with Crippen LogP contribution in [-0.4, -0.2) is 28.3 Å². The molecule has 0 aliphatic carbocycles. The molecule has 100 valence electrons. The quantitative estimate of drug-likeness (QED) is 0.563. The molecule has 0 saturated carbocycles. The van der Waals surface area contributed by atoms with E-state index >= 15 is 0 Å². The largest absolute Gasteiger partial charge is 0.544 e. The molecule has 0 heterocycles. The van der Waals surface area contributed by atoms with Gasteiger partial charge in [0.2, 0.25) is 0 Å². The summed E-state index contributed by atoms with van der Waals surface area (Å²) in [6.45, 7) is 5.47. The van der Waals surface area contributed by atoms with E-state index in [-0.39, 0.29) is 0 Å². The molecule has 0 aromatic heterocycles. The Bertz CT molecular complexity index is 310. The smallest absolute Gasteiger partial charge is 0.323 e. The maximum Gasteiger partial charge on any atom is 0.323 e. The Kier molecular flexibility index (Phi) is 5.06. The number of hydrogen-bond donors (Lipinski definition) is 0. The van der Waals surface area contributed by atoms with Crippen LogP contribution in [0.25, 0.3) is 0 Å². The highest BCUT2D eigenvalue weighted by Gasteiger charge is 2.47. The second-order valence-electron chi connectivity index (χ2n) is 4.45. The number of carboxylic acid groups (broad SMARTS) is 1. The molecule has 0 spiro atoms. The fourth-order valence-corrected chi connectivity index (χ4v) is 1.09. The summed E-state index contributed by atoms with van der Waals surface area (Å²) in [5.41, 5.74) is 0. The number of hydrogen-bond acceptors (Lipinski definition) is 4. The first-order valence-corrected chi connectivity index (χ1v) is 5.69. The van der Waals surface area contributed by atoms with E-state index in [0.29, 0.717) is 0 Å². The zero-order valence-corrected chi connectivity index (χ0v) is 11.5. The van der Waals surface area contributed by atoms with E-state index in [0.717, 1.165) is 0 Å². The summed E-state index contributed by atoms with van der Waals surface area (Å²) in [4.78, 5) is 21.8. The molecular weight excluding hydrogens is 302 g/mol. The third-order valence-electron chi connectivity index (χ3n) is 1.95. The highest BCUT2D eigenvalue weighted by atomic mass is 79.9. The van der Waals surface area contributed by atoms with E-state index in [2.05, 4.69) is 20.7 Å². The van der Waals surface area contributed by atoms with Gasteiger partial charge in [0.1, 0.15) is 10.3 Å². The Labute approximate surface area is 106 Å². The van der Waals surface area contributed by atoms with Crippen LogP contribution in [0.5, 0.6) is 0 Å². The Morgan fingerprint density at radius 3 is 1.94 bits per heavy atom. The lowest BCUT2D eigenvalue weighted by Crippen LogP contribution is -2.54. The fourth-order valence-electron chi connectivity index (χ4n) is 1.00. The predicted molar refractivity (Wildman–Crippen MR) is 57.7 cm³/mol. The van der Waals surface area contributed by atoms with Crippen molar-refractivity contribution in [3.05, 3.63) is 0 Å². The molecule has 1 atom stereocenters. The van der Waals surface area contributed by atoms with Gasteiger partial charge in [0, 0.05) is 0 Å². The first-order chi connectivity index (χ1) is 7.40. The van der Waals surface area contributed by atoms with Crippen molar-refractivity contribution in [1.29, 1.82) is 0 Å². The number of rotatable bonds is 5. The van der Waals surface area contributed by atoms with Crippen LogP contribution >= 0.6 is 15.9 Å². The predicted octanol–water partition coefficient (Wildman–Crippen LogP) is 1.11. The molecule has 0 bridgehead atoms. The first kappa shape index (κ1) is 16.3. The van der Waals surface area contributed by atoms with Crippen molar-refractivity contribution in [1.82, 2.24) is 0 Å². The molecule has 1 unspecified atom stereocenters. The molecule has 7 heteroatoms. The van der Waals surface area contributed by atoms with Gasteiger partial charge in [-0.15, -0.1) is 0 Å². The second-order valence-corrected chi connectivity index (χ2v) is 6.44. The van der Waals surface area contributed by atoms with Gasteiger partial charge < -0.3 is 14.6 Å². The van der Waals surface area contributed by atoms with E-state index in [1.807, 2.05) is 0 Å². The third-order valence-corrected chi connectivity index (χ3v) is 2.28. The van der Waals surface area contributed by atoms with Crippen LogP contribution in [0.15, 0.2) is 0 Å². The van der Waals surface area contributed by atoms with E-state index in [9.17, 15) is 23.5 Å². The van der Waals surface area contributed by atoms with Crippen molar-refractivity contribution in [2.45, 2.75) is 44.0 Å². The van der Waals surface area contributed by atoms with Gasteiger partial charge in [-0.05, 0) is 19.8 Å². The zero-order valence-electron chi connectivity index (χ0n) is 9.92. The van der Waals surface area contributed by atoms with Crippen molar-refractivity contribution >= 4 is 27.9 Å². The minimum atomic E-state index is -4.22. The van der Waals surface area contributed by atoms with Crippen LogP contribution in [0.4, 0.5) is 8.78 Å². The topological polar surface area (TPSA) is 66.4 Å². The average molecular weight is 316 g/mol. The van der Waals surface area contributed by atoms with Crippen molar-refractivity contribution in [3.63, 3.8) is 0 Å². The highest BCUT2D eigenvalue weighted by molar-refractivity contribution is 9.10. The van der Waals surface area contributed by atoms with Gasteiger partial charge in [0.05, 0.1) is 0 Å². The molecule has 0 aliphatic heterocycles. The Morgan fingerprint density at radius 1 is 1.29 bits per heavy atom. The van der Waals surface area contributed by atoms with Gasteiger partial charge in [0.15, 0.2) is 6.10 Å². The van der Waals surface area contributed by atoms with Crippen LogP contribution in [0.2, 0.25) is 0 Å². The van der Waals surface area contributed by atoms with E-state index < -0.39 is 34.2 Å². The SMILES string of the molecule is CC(C)C(OC(=O)C(C)(C)Br)C(F)(F)C(=O)[O-]. The third kappa shape index (κ3) is 4.22. The number of alkyl halides is 3. The van der Waals surface area contributed by atoms with Crippen molar-refractivity contribution in [2.75, 3.05) is 0 Å². The second kappa shape index (κ2) is 5.29. The lowest BCUT2D eigenvalue weighted by atomic mass is 10.0. The molecule has 4 nitrogen and oxygen atoms in total. The lowest BCUT2D eigenvalue weighted by Gasteiger charge is -2.31. The lowest BCUT2D eigenvalue weighted by molar-refractivity contribution is -0.337. The number of carbonyl (C=O) groups is 2. The minimum absolute atomic E-state index is 0.860. The normalized spacial score (nSPS) is 14.6.